The summed E-state index contributed by atoms with van der Waals surface area (Å²) in [5.41, 5.74) is 0. The third kappa shape index (κ3) is 21.9. The summed E-state index contributed by atoms with van der Waals surface area (Å²) in [7, 11) is -4.17. The number of hydrogen-bond acceptors (Lipinski definition) is 4. The maximum Gasteiger partial charge on any atom is 1.00 e. The van der Waals surface area contributed by atoms with Gasteiger partial charge in [0.1, 0.15) is 0 Å². The van der Waals surface area contributed by atoms with E-state index in [4.69, 9.17) is 0 Å². The maximum atomic E-state index is 11.5. The molecule has 0 aromatic carbocycles. The minimum absolute atomic E-state index is 0. The van der Waals surface area contributed by atoms with E-state index in [2.05, 4.69) is 13.8 Å². The number of unbranched alkanes of at least 4 members (excludes halogenated alkanes) is 12. The van der Waals surface area contributed by atoms with E-state index in [-0.39, 0.29) is 35.7 Å². The normalized spacial score (nSPS) is 13.8. The minimum Gasteiger partial charge on any atom is -0.748 e. The Hall–Kier alpha value is 0.870. The van der Waals surface area contributed by atoms with E-state index in [9.17, 15) is 18.1 Å². The minimum atomic E-state index is -4.17. The molecule has 0 amide bonds. The van der Waals surface area contributed by atoms with Crippen LogP contribution in [0.15, 0.2) is 0 Å². The Morgan fingerprint density at radius 3 is 1.38 bits per heavy atom. The SMILES string of the molecule is CCCCCCCCCCC(CCCCCCCC(O)CCCC)S(=O)(=O)[O-].[Na+]. The van der Waals surface area contributed by atoms with Crippen molar-refractivity contribution in [3.63, 3.8) is 0 Å². The molecule has 6 heteroatoms. The van der Waals surface area contributed by atoms with Gasteiger partial charge in [-0.25, -0.2) is 8.42 Å². The molecule has 0 aromatic heterocycles. The first-order valence-corrected chi connectivity index (χ1v) is 13.5. The van der Waals surface area contributed by atoms with Crippen LogP contribution in [0.5, 0.6) is 0 Å². The zero-order valence-electron chi connectivity index (χ0n) is 19.7. The molecule has 0 aromatic rings. The average molecular weight is 443 g/mol. The fourth-order valence-electron chi connectivity index (χ4n) is 3.81. The van der Waals surface area contributed by atoms with Gasteiger partial charge in [-0.2, -0.15) is 0 Å². The molecule has 29 heavy (non-hydrogen) atoms. The van der Waals surface area contributed by atoms with Crippen molar-refractivity contribution in [2.75, 3.05) is 0 Å². The molecule has 0 spiro atoms. The second-order valence-corrected chi connectivity index (χ2v) is 10.2. The van der Waals surface area contributed by atoms with Crippen LogP contribution >= 0.6 is 0 Å². The van der Waals surface area contributed by atoms with Gasteiger partial charge in [0.15, 0.2) is 0 Å². The van der Waals surface area contributed by atoms with E-state index in [0.29, 0.717) is 12.8 Å². The van der Waals surface area contributed by atoms with Crippen molar-refractivity contribution in [1.82, 2.24) is 0 Å². The molecule has 2 atom stereocenters. The summed E-state index contributed by atoms with van der Waals surface area (Å²) in [5, 5.41) is 9.13. The van der Waals surface area contributed by atoms with Gasteiger partial charge in [0.05, 0.1) is 16.2 Å². The summed E-state index contributed by atoms with van der Waals surface area (Å²) in [6.45, 7) is 4.35. The summed E-state index contributed by atoms with van der Waals surface area (Å²) < 4.78 is 34.5. The van der Waals surface area contributed by atoms with E-state index >= 15 is 0 Å². The van der Waals surface area contributed by atoms with Crippen molar-refractivity contribution in [1.29, 1.82) is 0 Å². The molecule has 0 fully saturated rings. The first-order valence-electron chi connectivity index (χ1n) is 12.0. The molecule has 2 unspecified atom stereocenters. The predicted octanol–water partition coefficient (Wildman–Crippen LogP) is 3.72. The molecule has 0 bridgehead atoms. The molecule has 0 aliphatic carbocycles. The smallest absolute Gasteiger partial charge is 0.748 e. The van der Waals surface area contributed by atoms with Crippen molar-refractivity contribution < 1.29 is 47.6 Å². The first-order chi connectivity index (χ1) is 13.4. The summed E-state index contributed by atoms with van der Waals surface area (Å²) in [4.78, 5) is 0. The Labute approximate surface area is 204 Å². The number of aliphatic hydroxyl groups excluding tert-OH is 1. The van der Waals surface area contributed by atoms with Crippen molar-refractivity contribution in [2.45, 2.75) is 147 Å². The third-order valence-electron chi connectivity index (χ3n) is 5.74. The fourth-order valence-corrected chi connectivity index (χ4v) is 4.72. The zero-order chi connectivity index (χ0) is 21.1. The van der Waals surface area contributed by atoms with Crippen LogP contribution in [0.4, 0.5) is 0 Å². The van der Waals surface area contributed by atoms with Crippen LogP contribution in [0.25, 0.3) is 0 Å². The van der Waals surface area contributed by atoms with Crippen LogP contribution in [0, 0.1) is 0 Å². The van der Waals surface area contributed by atoms with Gasteiger partial charge in [-0.3, -0.25) is 0 Å². The Bertz CT molecular complexity index is 429. The quantitative estimate of drug-likeness (QED) is 0.167. The van der Waals surface area contributed by atoms with Crippen LogP contribution < -0.4 is 29.6 Å². The first kappa shape index (κ1) is 32.1. The van der Waals surface area contributed by atoms with Crippen molar-refractivity contribution in [2.24, 2.45) is 0 Å². The molecule has 0 heterocycles. The van der Waals surface area contributed by atoms with Crippen molar-refractivity contribution in [3.05, 3.63) is 0 Å². The number of aliphatic hydroxyl groups is 1. The van der Waals surface area contributed by atoms with E-state index in [0.717, 1.165) is 77.0 Å². The third-order valence-corrected chi connectivity index (χ3v) is 7.03. The van der Waals surface area contributed by atoms with Crippen molar-refractivity contribution >= 4 is 10.1 Å². The van der Waals surface area contributed by atoms with Gasteiger partial charge in [0, 0.05) is 5.25 Å². The second-order valence-electron chi connectivity index (χ2n) is 8.52. The van der Waals surface area contributed by atoms with Gasteiger partial charge in [-0.05, 0) is 25.7 Å². The van der Waals surface area contributed by atoms with Gasteiger partial charge in [0.2, 0.25) is 0 Å². The van der Waals surface area contributed by atoms with Crippen LogP contribution in [0.2, 0.25) is 0 Å². The molecule has 4 nitrogen and oxygen atoms in total. The van der Waals surface area contributed by atoms with E-state index in [1.165, 1.54) is 32.1 Å². The molecule has 0 radical (unpaired) electrons. The van der Waals surface area contributed by atoms with Crippen LogP contribution in [0.3, 0.4) is 0 Å². The van der Waals surface area contributed by atoms with Gasteiger partial charge in [-0.15, -0.1) is 0 Å². The Morgan fingerprint density at radius 1 is 0.621 bits per heavy atom. The molecule has 0 rings (SSSR count). The molecule has 1 N–H and O–H groups in total. The summed E-state index contributed by atoms with van der Waals surface area (Å²) >= 11 is 0. The molecular formula is C23H47NaO4S. The number of hydrogen-bond donors (Lipinski definition) is 1. The maximum absolute atomic E-state index is 11.5. The Kier molecular flexibility index (Phi) is 24.4. The van der Waals surface area contributed by atoms with Gasteiger partial charge in [-0.1, -0.05) is 110 Å². The predicted molar refractivity (Wildman–Crippen MR) is 119 cm³/mol. The fraction of sp³-hybridized carbons (Fsp3) is 1.00. The molecule has 0 aliphatic rings. The second kappa shape index (κ2) is 22.1. The summed E-state index contributed by atoms with van der Waals surface area (Å²) in [5.74, 6) is 0. The summed E-state index contributed by atoms with van der Waals surface area (Å²) in [6, 6.07) is 0. The largest absolute Gasteiger partial charge is 1.00 e. The number of rotatable bonds is 21. The standard InChI is InChI=1S/C23H48O4S.Na/c1-3-5-7-8-9-10-13-16-20-23(28(25,26)27)21-17-14-11-12-15-19-22(24)18-6-4-2;/h22-24H,3-21H2,1-2H3,(H,25,26,27);/q;+1/p-1. The Balaban J connectivity index is 0. The van der Waals surface area contributed by atoms with Crippen LogP contribution in [-0.2, 0) is 10.1 Å². The summed E-state index contributed by atoms with van der Waals surface area (Å²) in [6.07, 6.45) is 19.2. The van der Waals surface area contributed by atoms with E-state index < -0.39 is 15.4 Å². The van der Waals surface area contributed by atoms with Gasteiger partial charge >= 0.3 is 29.6 Å². The van der Waals surface area contributed by atoms with Gasteiger partial charge in [0.25, 0.3) is 0 Å². The van der Waals surface area contributed by atoms with Crippen LogP contribution in [-0.4, -0.2) is 29.4 Å². The molecule has 170 valence electrons. The molecule has 0 saturated heterocycles. The van der Waals surface area contributed by atoms with Crippen molar-refractivity contribution in [3.8, 4) is 0 Å². The van der Waals surface area contributed by atoms with Gasteiger partial charge < -0.3 is 9.66 Å². The average Bonchev–Trinajstić information content (AvgIpc) is 2.64. The molecule has 0 saturated carbocycles. The monoisotopic (exact) mass is 442 g/mol. The Morgan fingerprint density at radius 2 is 0.966 bits per heavy atom. The molecular weight excluding hydrogens is 395 g/mol. The zero-order valence-corrected chi connectivity index (χ0v) is 22.5. The molecule has 0 aliphatic heterocycles. The van der Waals surface area contributed by atoms with E-state index in [1.807, 2.05) is 0 Å². The van der Waals surface area contributed by atoms with E-state index in [1.54, 1.807) is 0 Å². The topological polar surface area (TPSA) is 77.4 Å². The van der Waals surface area contributed by atoms with Crippen LogP contribution in [0.1, 0.15) is 136 Å².